The molecule has 2 aromatic carbocycles. The molecule has 2 aromatic rings. The molecule has 0 aliphatic carbocycles. The van der Waals surface area contributed by atoms with E-state index < -0.39 is 10.0 Å². The van der Waals surface area contributed by atoms with Crippen molar-refractivity contribution >= 4 is 31.6 Å². The Balaban J connectivity index is 2.50. The molecule has 0 spiro atoms. The summed E-state index contributed by atoms with van der Waals surface area (Å²) in [6.45, 7) is 1.85. The summed E-state index contributed by atoms with van der Waals surface area (Å²) in [7, 11) is -0.596. The Bertz CT molecular complexity index is 759. The van der Waals surface area contributed by atoms with Gasteiger partial charge in [-0.25, -0.2) is 8.42 Å². The van der Waals surface area contributed by atoms with Crippen molar-refractivity contribution in [3.8, 4) is 5.75 Å². The van der Waals surface area contributed by atoms with Crippen LogP contribution in [0.15, 0.2) is 51.8 Å². The van der Waals surface area contributed by atoms with Crippen molar-refractivity contribution in [3.05, 3.63) is 52.5 Å². The first-order valence-corrected chi connectivity index (χ1v) is 8.49. The van der Waals surface area contributed by atoms with E-state index in [1.54, 1.807) is 42.5 Å². The number of aryl methyl sites for hydroxylation is 1. The van der Waals surface area contributed by atoms with Crippen LogP contribution in [-0.2, 0) is 10.0 Å². The van der Waals surface area contributed by atoms with Gasteiger partial charge in [0.1, 0.15) is 5.75 Å². The predicted molar refractivity (Wildman–Crippen MR) is 87.5 cm³/mol. The van der Waals surface area contributed by atoms with Crippen LogP contribution in [0.25, 0.3) is 0 Å². The van der Waals surface area contributed by atoms with Gasteiger partial charge in [0.15, 0.2) is 0 Å². The van der Waals surface area contributed by atoms with E-state index in [1.165, 1.54) is 18.5 Å². The van der Waals surface area contributed by atoms with Crippen LogP contribution >= 0.6 is 15.9 Å². The highest BCUT2D eigenvalue weighted by Crippen LogP contribution is 2.31. The highest BCUT2D eigenvalue weighted by atomic mass is 79.9. The van der Waals surface area contributed by atoms with Gasteiger partial charge >= 0.3 is 0 Å². The highest BCUT2D eigenvalue weighted by Gasteiger charge is 2.23. The minimum atomic E-state index is -3.63. The van der Waals surface area contributed by atoms with Gasteiger partial charge in [0.25, 0.3) is 10.0 Å². The molecule has 112 valence electrons. The molecular weight excluding hydrogens is 354 g/mol. The van der Waals surface area contributed by atoms with Crippen LogP contribution < -0.4 is 9.04 Å². The first kappa shape index (κ1) is 15.9. The fourth-order valence-electron chi connectivity index (χ4n) is 1.96. The molecule has 6 heteroatoms. The van der Waals surface area contributed by atoms with Gasteiger partial charge in [0, 0.05) is 11.5 Å². The Kier molecular flexibility index (Phi) is 4.58. The number of hydrogen-bond donors (Lipinski definition) is 0. The Labute approximate surface area is 133 Å². The second-order valence-corrected chi connectivity index (χ2v) is 7.38. The van der Waals surface area contributed by atoms with E-state index in [0.717, 1.165) is 10.0 Å². The van der Waals surface area contributed by atoms with Crippen molar-refractivity contribution < 1.29 is 13.2 Å². The molecule has 0 N–H and O–H groups in total. The van der Waals surface area contributed by atoms with E-state index in [-0.39, 0.29) is 4.90 Å². The predicted octanol–water partition coefficient (Wildman–Crippen LogP) is 3.59. The minimum Gasteiger partial charge on any atom is -0.495 e. The molecule has 21 heavy (non-hydrogen) atoms. The molecule has 0 bridgehead atoms. The largest absolute Gasteiger partial charge is 0.495 e. The summed E-state index contributed by atoms with van der Waals surface area (Å²) in [5.74, 6) is 0.511. The summed E-state index contributed by atoms with van der Waals surface area (Å²) >= 11 is 3.37. The fourth-order valence-corrected chi connectivity index (χ4v) is 3.49. The van der Waals surface area contributed by atoms with Crippen LogP contribution in [0.5, 0.6) is 5.75 Å². The third-order valence-corrected chi connectivity index (χ3v) is 5.87. The van der Waals surface area contributed by atoms with Crippen LogP contribution in [0.3, 0.4) is 0 Å². The van der Waals surface area contributed by atoms with Gasteiger partial charge in [0.05, 0.1) is 17.7 Å². The fraction of sp³-hybridized carbons (Fsp3) is 0.200. The Morgan fingerprint density at radius 3 is 2.43 bits per heavy atom. The molecule has 2 rings (SSSR count). The average molecular weight is 370 g/mol. The highest BCUT2D eigenvalue weighted by molar-refractivity contribution is 9.10. The molecule has 0 unspecified atom stereocenters. The van der Waals surface area contributed by atoms with E-state index in [2.05, 4.69) is 15.9 Å². The number of nitrogens with zero attached hydrogens (tertiary/aromatic N) is 1. The van der Waals surface area contributed by atoms with Crippen molar-refractivity contribution in [2.45, 2.75) is 11.8 Å². The number of methoxy groups -OCH3 is 1. The molecule has 0 radical (unpaired) electrons. The second kappa shape index (κ2) is 6.07. The molecule has 0 amide bonds. The zero-order chi connectivity index (χ0) is 15.6. The van der Waals surface area contributed by atoms with Gasteiger partial charge in [-0.05, 0) is 42.8 Å². The number of benzene rings is 2. The number of hydrogen-bond acceptors (Lipinski definition) is 3. The van der Waals surface area contributed by atoms with Gasteiger partial charge in [-0.2, -0.15) is 0 Å². The normalized spacial score (nSPS) is 11.2. The van der Waals surface area contributed by atoms with Crippen LogP contribution in [0.4, 0.5) is 5.69 Å². The average Bonchev–Trinajstić information content (AvgIpc) is 2.49. The van der Waals surface area contributed by atoms with Gasteiger partial charge in [0.2, 0.25) is 0 Å². The van der Waals surface area contributed by atoms with Gasteiger partial charge in [-0.15, -0.1) is 0 Å². The maximum Gasteiger partial charge on any atom is 0.264 e. The van der Waals surface area contributed by atoms with E-state index in [1.807, 2.05) is 6.92 Å². The van der Waals surface area contributed by atoms with E-state index >= 15 is 0 Å². The summed E-state index contributed by atoms with van der Waals surface area (Å²) in [6, 6.07) is 12.0. The zero-order valence-corrected chi connectivity index (χ0v) is 14.4. The van der Waals surface area contributed by atoms with Crippen molar-refractivity contribution in [2.75, 3.05) is 18.5 Å². The molecule has 4 nitrogen and oxygen atoms in total. The number of ether oxygens (including phenoxy) is 1. The zero-order valence-electron chi connectivity index (χ0n) is 12.0. The summed E-state index contributed by atoms with van der Waals surface area (Å²) in [5, 5.41) is 0. The number of halogens is 1. The lowest BCUT2D eigenvalue weighted by molar-refractivity contribution is 0.416. The SMILES string of the molecule is COc1ccccc1N(C)S(=O)(=O)c1ccc(Br)c(C)c1. The standard InChI is InChI=1S/C15H16BrNO3S/c1-11-10-12(8-9-13(11)16)21(18,19)17(2)14-6-4-5-7-15(14)20-3/h4-10H,1-3H3. The third kappa shape index (κ3) is 3.06. The lowest BCUT2D eigenvalue weighted by atomic mass is 10.2. The van der Waals surface area contributed by atoms with Crippen molar-refractivity contribution in [3.63, 3.8) is 0 Å². The van der Waals surface area contributed by atoms with Crippen LogP contribution in [-0.4, -0.2) is 22.6 Å². The third-order valence-electron chi connectivity index (χ3n) is 3.21. The number of anilines is 1. The molecule has 0 aliphatic heterocycles. The first-order chi connectivity index (χ1) is 9.87. The van der Waals surface area contributed by atoms with Crippen LogP contribution in [0.2, 0.25) is 0 Å². The number of rotatable bonds is 4. The maximum atomic E-state index is 12.7. The summed E-state index contributed by atoms with van der Waals surface area (Å²) in [4.78, 5) is 0.247. The molecule has 0 aliphatic rings. The first-order valence-electron chi connectivity index (χ1n) is 6.26. The van der Waals surface area contributed by atoms with Crippen LogP contribution in [0, 0.1) is 6.92 Å². The summed E-state index contributed by atoms with van der Waals surface area (Å²) in [6.07, 6.45) is 0. The maximum absolute atomic E-state index is 12.7. The lowest BCUT2D eigenvalue weighted by Crippen LogP contribution is -2.27. The molecule has 0 saturated heterocycles. The smallest absolute Gasteiger partial charge is 0.264 e. The minimum absolute atomic E-state index is 0.247. The van der Waals surface area contributed by atoms with Crippen molar-refractivity contribution in [1.82, 2.24) is 0 Å². The lowest BCUT2D eigenvalue weighted by Gasteiger charge is -2.21. The molecular formula is C15H16BrNO3S. The van der Waals surface area contributed by atoms with Gasteiger partial charge in [-0.3, -0.25) is 4.31 Å². The Morgan fingerprint density at radius 2 is 1.81 bits per heavy atom. The summed E-state index contributed by atoms with van der Waals surface area (Å²) < 4.78 is 32.8. The summed E-state index contributed by atoms with van der Waals surface area (Å²) in [5.41, 5.74) is 1.37. The topological polar surface area (TPSA) is 46.6 Å². The van der Waals surface area contributed by atoms with Crippen LogP contribution in [0.1, 0.15) is 5.56 Å². The number of para-hydroxylation sites is 2. The molecule has 0 saturated carbocycles. The van der Waals surface area contributed by atoms with Gasteiger partial charge < -0.3 is 4.74 Å². The van der Waals surface area contributed by atoms with E-state index in [4.69, 9.17) is 4.74 Å². The Morgan fingerprint density at radius 1 is 1.14 bits per heavy atom. The molecule has 0 atom stereocenters. The van der Waals surface area contributed by atoms with Crippen molar-refractivity contribution in [2.24, 2.45) is 0 Å². The second-order valence-electron chi connectivity index (χ2n) is 4.56. The van der Waals surface area contributed by atoms with E-state index in [9.17, 15) is 8.42 Å². The molecule has 0 fully saturated rings. The molecule has 0 aromatic heterocycles. The van der Waals surface area contributed by atoms with Crippen molar-refractivity contribution in [1.29, 1.82) is 0 Å². The monoisotopic (exact) mass is 369 g/mol. The van der Waals surface area contributed by atoms with Gasteiger partial charge in [-0.1, -0.05) is 28.1 Å². The molecule has 0 heterocycles. The quantitative estimate of drug-likeness (QED) is 0.826. The Hall–Kier alpha value is -1.53. The van der Waals surface area contributed by atoms with E-state index in [0.29, 0.717) is 11.4 Å². The number of sulfonamides is 1.